The number of halogens is 2. The van der Waals surface area contributed by atoms with Crippen molar-refractivity contribution in [1.82, 2.24) is 0 Å². The third-order valence-corrected chi connectivity index (χ3v) is 3.59. The molecule has 0 radical (unpaired) electrons. The van der Waals surface area contributed by atoms with Crippen LogP contribution < -0.4 is 10.5 Å². The van der Waals surface area contributed by atoms with Crippen LogP contribution in [0.15, 0.2) is 40.9 Å². The minimum absolute atomic E-state index is 0.102. The molecular weight excluding hydrogens is 325 g/mol. The molecule has 2 rings (SSSR count). The molecule has 0 saturated carbocycles. The molecule has 0 fully saturated rings. The first-order valence-corrected chi connectivity index (χ1v) is 6.71. The summed E-state index contributed by atoms with van der Waals surface area (Å²) < 4.78 is 19.1. The molecule has 0 bridgehead atoms. The van der Waals surface area contributed by atoms with E-state index in [-0.39, 0.29) is 18.0 Å². The zero-order valence-corrected chi connectivity index (χ0v) is 12.4. The molecule has 3 nitrogen and oxygen atoms in total. The molecule has 0 aliphatic carbocycles. The Hall–Kier alpha value is -1.88. The van der Waals surface area contributed by atoms with Gasteiger partial charge in [-0.2, -0.15) is 0 Å². The fourth-order valence-corrected chi connectivity index (χ4v) is 2.19. The van der Waals surface area contributed by atoms with Gasteiger partial charge in [-0.1, -0.05) is 6.07 Å². The summed E-state index contributed by atoms with van der Waals surface area (Å²) in [6.45, 7) is 0. The van der Waals surface area contributed by atoms with Crippen molar-refractivity contribution in [3.8, 4) is 5.75 Å². The Morgan fingerprint density at radius 1 is 1.30 bits per heavy atom. The van der Waals surface area contributed by atoms with E-state index in [4.69, 9.17) is 10.5 Å². The third-order valence-electron chi connectivity index (χ3n) is 2.90. The number of ether oxygens (including phenoxy) is 1. The van der Waals surface area contributed by atoms with E-state index in [9.17, 15) is 9.18 Å². The summed E-state index contributed by atoms with van der Waals surface area (Å²) in [5.74, 6) is -0.414. The number of rotatable bonds is 4. The van der Waals surface area contributed by atoms with E-state index in [1.807, 2.05) is 0 Å². The molecule has 0 saturated heterocycles. The second kappa shape index (κ2) is 6.05. The van der Waals surface area contributed by atoms with E-state index in [1.54, 1.807) is 24.3 Å². The Morgan fingerprint density at radius 3 is 2.65 bits per heavy atom. The number of nitrogen functional groups attached to an aromatic ring is 1. The minimum Gasteiger partial charge on any atom is -0.494 e. The van der Waals surface area contributed by atoms with Crippen LogP contribution in [0.1, 0.15) is 15.9 Å². The van der Waals surface area contributed by atoms with Gasteiger partial charge in [0.05, 0.1) is 7.11 Å². The van der Waals surface area contributed by atoms with Crippen molar-refractivity contribution in [3.63, 3.8) is 0 Å². The normalized spacial score (nSPS) is 10.3. The van der Waals surface area contributed by atoms with Crippen molar-refractivity contribution in [2.24, 2.45) is 0 Å². The van der Waals surface area contributed by atoms with Gasteiger partial charge in [-0.05, 0) is 51.8 Å². The standard InChI is InChI=1S/C15H13BrFNO2/c1-20-15-5-2-9(6-12(15)17)7-14(19)10-3-4-13(18)11(16)8-10/h2-6,8H,7,18H2,1H3. The highest BCUT2D eigenvalue weighted by Crippen LogP contribution is 2.22. The van der Waals surface area contributed by atoms with Crippen LogP contribution in [0.5, 0.6) is 5.75 Å². The quantitative estimate of drug-likeness (QED) is 0.685. The second-order valence-electron chi connectivity index (χ2n) is 4.31. The summed E-state index contributed by atoms with van der Waals surface area (Å²) in [6.07, 6.45) is 0.122. The molecule has 104 valence electrons. The zero-order chi connectivity index (χ0) is 14.7. The monoisotopic (exact) mass is 337 g/mol. The minimum atomic E-state index is -0.476. The first-order chi connectivity index (χ1) is 9.51. The smallest absolute Gasteiger partial charge is 0.167 e. The molecule has 0 amide bonds. The first kappa shape index (κ1) is 14.5. The maximum atomic E-state index is 13.6. The third kappa shape index (κ3) is 3.17. The highest BCUT2D eigenvalue weighted by molar-refractivity contribution is 9.10. The fraction of sp³-hybridized carbons (Fsp3) is 0.133. The lowest BCUT2D eigenvalue weighted by atomic mass is 10.0. The Bertz CT molecular complexity index is 658. The van der Waals surface area contributed by atoms with Crippen LogP contribution in [0.2, 0.25) is 0 Å². The van der Waals surface area contributed by atoms with Gasteiger partial charge in [0, 0.05) is 22.1 Å². The summed E-state index contributed by atoms with van der Waals surface area (Å²) in [4.78, 5) is 12.1. The van der Waals surface area contributed by atoms with Gasteiger partial charge in [-0.15, -0.1) is 0 Å². The predicted molar refractivity (Wildman–Crippen MR) is 79.5 cm³/mol. The SMILES string of the molecule is COc1ccc(CC(=O)c2ccc(N)c(Br)c2)cc1F. The molecule has 2 N–H and O–H groups in total. The van der Waals surface area contributed by atoms with E-state index >= 15 is 0 Å². The van der Waals surface area contributed by atoms with Crippen molar-refractivity contribution < 1.29 is 13.9 Å². The molecule has 0 atom stereocenters. The van der Waals surface area contributed by atoms with Gasteiger partial charge < -0.3 is 10.5 Å². The number of hydrogen-bond acceptors (Lipinski definition) is 3. The van der Waals surface area contributed by atoms with E-state index in [2.05, 4.69) is 15.9 Å². The van der Waals surface area contributed by atoms with Gasteiger partial charge in [0.25, 0.3) is 0 Å². The number of methoxy groups -OCH3 is 1. The lowest BCUT2D eigenvalue weighted by Crippen LogP contribution is -2.04. The van der Waals surface area contributed by atoms with Gasteiger partial charge >= 0.3 is 0 Å². The zero-order valence-electron chi connectivity index (χ0n) is 10.8. The Labute approximate surface area is 124 Å². The number of ketones is 1. The van der Waals surface area contributed by atoms with Crippen LogP contribution in [0.4, 0.5) is 10.1 Å². The molecule has 2 aromatic rings. The lowest BCUT2D eigenvalue weighted by molar-refractivity contribution is 0.0993. The number of carbonyl (C=O) groups is 1. The maximum absolute atomic E-state index is 13.6. The summed E-state index contributed by atoms with van der Waals surface area (Å²) in [5.41, 5.74) is 7.37. The van der Waals surface area contributed by atoms with Crippen LogP contribution in [0.25, 0.3) is 0 Å². The van der Waals surface area contributed by atoms with Gasteiger partial charge in [0.1, 0.15) is 0 Å². The van der Waals surface area contributed by atoms with Crippen LogP contribution in [0, 0.1) is 5.82 Å². The number of benzene rings is 2. The van der Waals surface area contributed by atoms with Crippen LogP contribution >= 0.6 is 15.9 Å². The molecule has 5 heteroatoms. The Balaban J connectivity index is 2.19. The lowest BCUT2D eigenvalue weighted by Gasteiger charge is -2.06. The number of Topliss-reactive ketones (excluding diaryl/α,β-unsaturated/α-hetero) is 1. The fourth-order valence-electron chi connectivity index (χ4n) is 1.81. The first-order valence-electron chi connectivity index (χ1n) is 5.92. The van der Waals surface area contributed by atoms with Crippen molar-refractivity contribution in [3.05, 3.63) is 57.8 Å². The maximum Gasteiger partial charge on any atom is 0.167 e. The predicted octanol–water partition coefficient (Wildman–Crippen LogP) is 3.60. The molecule has 0 spiro atoms. The molecule has 0 unspecified atom stereocenters. The Morgan fingerprint density at radius 2 is 2.05 bits per heavy atom. The average molecular weight is 338 g/mol. The topological polar surface area (TPSA) is 52.3 Å². The summed E-state index contributed by atoms with van der Waals surface area (Å²) >= 11 is 3.28. The van der Waals surface area contributed by atoms with Gasteiger partial charge in [0.2, 0.25) is 0 Å². The van der Waals surface area contributed by atoms with Gasteiger partial charge in [-0.3, -0.25) is 4.79 Å². The van der Waals surface area contributed by atoms with Gasteiger partial charge in [0.15, 0.2) is 17.3 Å². The van der Waals surface area contributed by atoms with E-state index in [0.29, 0.717) is 21.3 Å². The summed E-state index contributed by atoms with van der Waals surface area (Å²) in [7, 11) is 1.40. The molecule has 0 aliphatic heterocycles. The molecule has 2 aromatic carbocycles. The summed E-state index contributed by atoms with van der Waals surface area (Å²) in [5, 5.41) is 0. The highest BCUT2D eigenvalue weighted by atomic mass is 79.9. The van der Waals surface area contributed by atoms with Crippen molar-refractivity contribution in [2.75, 3.05) is 12.8 Å². The van der Waals surface area contributed by atoms with Gasteiger partial charge in [-0.25, -0.2) is 4.39 Å². The van der Waals surface area contributed by atoms with Crippen molar-refractivity contribution in [2.45, 2.75) is 6.42 Å². The Kier molecular flexibility index (Phi) is 4.39. The second-order valence-corrected chi connectivity index (χ2v) is 5.16. The molecular formula is C15H13BrFNO2. The summed E-state index contributed by atoms with van der Waals surface area (Å²) in [6, 6.07) is 9.47. The van der Waals surface area contributed by atoms with Crippen molar-refractivity contribution >= 4 is 27.4 Å². The molecule has 0 aromatic heterocycles. The van der Waals surface area contributed by atoms with Crippen LogP contribution in [-0.2, 0) is 6.42 Å². The number of anilines is 1. The molecule has 0 aliphatic rings. The molecule has 20 heavy (non-hydrogen) atoms. The average Bonchev–Trinajstić information content (AvgIpc) is 2.42. The van der Waals surface area contributed by atoms with Crippen LogP contribution in [0.3, 0.4) is 0 Å². The van der Waals surface area contributed by atoms with Crippen molar-refractivity contribution in [1.29, 1.82) is 0 Å². The number of nitrogens with two attached hydrogens (primary N) is 1. The van der Waals surface area contributed by atoms with Crippen LogP contribution in [-0.4, -0.2) is 12.9 Å². The van der Waals surface area contributed by atoms with E-state index < -0.39 is 5.82 Å². The largest absolute Gasteiger partial charge is 0.494 e. The highest BCUT2D eigenvalue weighted by Gasteiger charge is 2.11. The van der Waals surface area contributed by atoms with E-state index in [0.717, 1.165) is 0 Å². The number of carbonyl (C=O) groups excluding carboxylic acids is 1. The molecule has 0 heterocycles. The number of hydrogen-bond donors (Lipinski definition) is 1. The van der Waals surface area contributed by atoms with E-state index in [1.165, 1.54) is 19.2 Å².